The fourth-order valence-electron chi connectivity index (χ4n) is 1.75. The number of rotatable bonds is 8. The number of hydrogen-bond acceptors (Lipinski definition) is 1. The molecule has 0 saturated heterocycles. The number of nitrogens with one attached hydrogen (secondary N) is 1. The summed E-state index contributed by atoms with van der Waals surface area (Å²) in [5, 5.41) is 3.55. The molecular formula is C11H22ClN. The van der Waals surface area contributed by atoms with Gasteiger partial charge in [-0.15, -0.1) is 11.6 Å². The second kappa shape index (κ2) is 5.87. The lowest BCUT2D eigenvalue weighted by atomic mass is 10.0. The molecule has 1 nitrogen and oxygen atoms in total. The Morgan fingerprint density at radius 2 is 2.08 bits per heavy atom. The molecule has 1 aliphatic carbocycles. The topological polar surface area (TPSA) is 12.0 Å². The van der Waals surface area contributed by atoms with Crippen LogP contribution in [0.1, 0.15) is 45.4 Å². The van der Waals surface area contributed by atoms with Crippen molar-refractivity contribution >= 4 is 11.6 Å². The molecular weight excluding hydrogens is 182 g/mol. The summed E-state index contributed by atoms with van der Waals surface area (Å²) < 4.78 is 0. The van der Waals surface area contributed by atoms with Crippen LogP contribution in [0, 0.1) is 5.41 Å². The summed E-state index contributed by atoms with van der Waals surface area (Å²) in [5.41, 5.74) is 0.605. The van der Waals surface area contributed by atoms with Crippen LogP contribution in [0.25, 0.3) is 0 Å². The molecule has 1 fully saturated rings. The van der Waals surface area contributed by atoms with Crippen molar-refractivity contribution < 1.29 is 0 Å². The smallest absolute Gasteiger partial charge is 0.0229 e. The van der Waals surface area contributed by atoms with Gasteiger partial charge in [0.05, 0.1) is 0 Å². The maximum atomic E-state index is 5.76. The van der Waals surface area contributed by atoms with Crippen molar-refractivity contribution in [1.29, 1.82) is 0 Å². The summed E-state index contributed by atoms with van der Waals surface area (Å²) in [6.45, 7) is 4.64. The van der Waals surface area contributed by atoms with Crippen molar-refractivity contribution in [3.05, 3.63) is 0 Å². The third-order valence-electron chi connectivity index (χ3n) is 3.04. The van der Waals surface area contributed by atoms with E-state index >= 15 is 0 Å². The molecule has 0 atom stereocenters. The summed E-state index contributed by atoms with van der Waals surface area (Å²) >= 11 is 5.76. The van der Waals surface area contributed by atoms with Crippen LogP contribution in [0.15, 0.2) is 0 Å². The van der Waals surface area contributed by atoms with Crippen LogP contribution in [0.5, 0.6) is 0 Å². The van der Waals surface area contributed by atoms with E-state index in [2.05, 4.69) is 12.2 Å². The Morgan fingerprint density at radius 1 is 1.31 bits per heavy atom. The zero-order chi connectivity index (χ0) is 9.57. The van der Waals surface area contributed by atoms with E-state index in [1.807, 2.05) is 0 Å². The maximum absolute atomic E-state index is 5.76. The molecule has 0 amide bonds. The van der Waals surface area contributed by atoms with Crippen LogP contribution < -0.4 is 5.32 Å². The summed E-state index contributed by atoms with van der Waals surface area (Å²) in [6, 6.07) is 0. The molecule has 0 aromatic heterocycles. The lowest BCUT2D eigenvalue weighted by Crippen LogP contribution is -2.25. The minimum atomic E-state index is 0.605. The minimum Gasteiger partial charge on any atom is -0.316 e. The van der Waals surface area contributed by atoms with Gasteiger partial charge in [0, 0.05) is 12.4 Å². The van der Waals surface area contributed by atoms with Gasteiger partial charge in [-0.25, -0.2) is 0 Å². The van der Waals surface area contributed by atoms with Crippen molar-refractivity contribution in [1.82, 2.24) is 5.32 Å². The Morgan fingerprint density at radius 3 is 2.62 bits per heavy atom. The van der Waals surface area contributed by atoms with E-state index in [0.29, 0.717) is 5.41 Å². The second-order valence-electron chi connectivity index (χ2n) is 4.32. The van der Waals surface area contributed by atoms with Crippen LogP contribution in [-0.4, -0.2) is 19.0 Å². The van der Waals surface area contributed by atoms with Gasteiger partial charge in [0.15, 0.2) is 0 Å². The van der Waals surface area contributed by atoms with Gasteiger partial charge < -0.3 is 5.32 Å². The standard InChI is InChI=1S/C11H22ClN/c1-2-3-4-9-13-10-11(5-6-11)7-8-12/h13H,2-10H2,1H3. The molecule has 0 aromatic carbocycles. The highest BCUT2D eigenvalue weighted by atomic mass is 35.5. The maximum Gasteiger partial charge on any atom is 0.0229 e. The van der Waals surface area contributed by atoms with E-state index in [1.165, 1.54) is 51.6 Å². The number of unbranched alkanes of at least 4 members (excludes halogenated alkanes) is 2. The first-order chi connectivity index (χ1) is 6.33. The highest BCUT2D eigenvalue weighted by Gasteiger charge is 2.40. The van der Waals surface area contributed by atoms with Crippen molar-refractivity contribution in [2.24, 2.45) is 5.41 Å². The van der Waals surface area contributed by atoms with Crippen molar-refractivity contribution in [2.75, 3.05) is 19.0 Å². The average molecular weight is 204 g/mol. The molecule has 1 rings (SSSR count). The fraction of sp³-hybridized carbons (Fsp3) is 1.00. The molecule has 0 bridgehead atoms. The van der Waals surface area contributed by atoms with Gasteiger partial charge in [-0.1, -0.05) is 19.8 Å². The molecule has 0 spiro atoms. The summed E-state index contributed by atoms with van der Waals surface area (Å²) in [4.78, 5) is 0. The zero-order valence-corrected chi connectivity index (χ0v) is 9.50. The number of hydrogen-bond donors (Lipinski definition) is 1. The Hall–Kier alpha value is 0.250. The quantitative estimate of drug-likeness (QED) is 0.472. The van der Waals surface area contributed by atoms with Crippen LogP contribution in [0.2, 0.25) is 0 Å². The SMILES string of the molecule is CCCCCNCC1(CCCl)CC1. The van der Waals surface area contributed by atoms with E-state index in [-0.39, 0.29) is 0 Å². The molecule has 1 N–H and O–H groups in total. The molecule has 2 heteroatoms. The van der Waals surface area contributed by atoms with Gasteiger partial charge in [0.25, 0.3) is 0 Å². The number of alkyl halides is 1. The van der Waals surface area contributed by atoms with Gasteiger partial charge in [-0.3, -0.25) is 0 Å². The van der Waals surface area contributed by atoms with E-state index in [0.717, 1.165) is 5.88 Å². The summed E-state index contributed by atoms with van der Waals surface area (Å²) in [5.74, 6) is 0.830. The van der Waals surface area contributed by atoms with E-state index in [1.54, 1.807) is 0 Å². The van der Waals surface area contributed by atoms with Gasteiger partial charge >= 0.3 is 0 Å². The Bertz CT molecular complexity index is 132. The molecule has 0 unspecified atom stereocenters. The first kappa shape index (κ1) is 11.3. The third kappa shape index (κ3) is 4.33. The average Bonchev–Trinajstić information content (AvgIpc) is 2.86. The van der Waals surface area contributed by atoms with E-state index in [9.17, 15) is 0 Å². The highest BCUT2D eigenvalue weighted by Crippen LogP contribution is 2.48. The van der Waals surface area contributed by atoms with Crippen LogP contribution in [0.4, 0.5) is 0 Å². The Balaban J connectivity index is 1.93. The molecule has 0 aromatic rings. The third-order valence-corrected chi connectivity index (χ3v) is 3.23. The fourth-order valence-corrected chi connectivity index (χ4v) is 2.15. The lowest BCUT2D eigenvalue weighted by Gasteiger charge is -2.13. The van der Waals surface area contributed by atoms with E-state index in [4.69, 9.17) is 11.6 Å². The van der Waals surface area contributed by atoms with Gasteiger partial charge in [-0.05, 0) is 37.6 Å². The normalized spacial score (nSPS) is 18.9. The second-order valence-corrected chi connectivity index (χ2v) is 4.70. The van der Waals surface area contributed by atoms with Gasteiger partial charge in [0.1, 0.15) is 0 Å². The monoisotopic (exact) mass is 203 g/mol. The minimum absolute atomic E-state index is 0.605. The molecule has 78 valence electrons. The lowest BCUT2D eigenvalue weighted by molar-refractivity contribution is 0.441. The van der Waals surface area contributed by atoms with Crippen molar-refractivity contribution in [3.63, 3.8) is 0 Å². The summed E-state index contributed by atoms with van der Waals surface area (Å²) in [6.07, 6.45) is 7.98. The van der Waals surface area contributed by atoms with Gasteiger partial charge in [-0.2, -0.15) is 0 Å². The molecule has 1 aliphatic rings. The zero-order valence-electron chi connectivity index (χ0n) is 8.74. The van der Waals surface area contributed by atoms with Crippen molar-refractivity contribution in [2.45, 2.75) is 45.4 Å². The largest absolute Gasteiger partial charge is 0.316 e. The van der Waals surface area contributed by atoms with Crippen LogP contribution >= 0.6 is 11.6 Å². The van der Waals surface area contributed by atoms with Gasteiger partial charge in [0.2, 0.25) is 0 Å². The molecule has 0 radical (unpaired) electrons. The summed E-state index contributed by atoms with van der Waals surface area (Å²) in [7, 11) is 0. The first-order valence-electron chi connectivity index (χ1n) is 5.60. The predicted octanol–water partition coefficient (Wildman–Crippen LogP) is 3.18. The number of halogens is 1. The molecule has 0 aliphatic heterocycles. The predicted molar refractivity (Wildman–Crippen MR) is 59.4 cm³/mol. The highest BCUT2D eigenvalue weighted by molar-refractivity contribution is 6.17. The molecule has 13 heavy (non-hydrogen) atoms. The molecule has 0 heterocycles. The first-order valence-corrected chi connectivity index (χ1v) is 6.13. The van der Waals surface area contributed by atoms with Crippen LogP contribution in [0.3, 0.4) is 0 Å². The van der Waals surface area contributed by atoms with E-state index < -0.39 is 0 Å². The molecule has 1 saturated carbocycles. The van der Waals surface area contributed by atoms with Crippen LogP contribution in [-0.2, 0) is 0 Å². The van der Waals surface area contributed by atoms with Crippen molar-refractivity contribution in [3.8, 4) is 0 Å². The Kier molecular flexibility index (Phi) is 5.12. The Labute approximate surface area is 87.2 Å².